The van der Waals surface area contributed by atoms with Crippen molar-refractivity contribution in [3.05, 3.63) is 34.3 Å². The van der Waals surface area contributed by atoms with E-state index in [4.69, 9.17) is 5.11 Å². The van der Waals surface area contributed by atoms with Crippen molar-refractivity contribution in [1.82, 2.24) is 9.97 Å². The molecule has 2 aromatic rings. The minimum Gasteiger partial charge on any atom is -0.477 e. The molecule has 2 aromatic heterocycles. The number of aryl methyl sites for hydroxylation is 1. The van der Waals surface area contributed by atoms with Crippen molar-refractivity contribution in [1.29, 1.82) is 0 Å². The Labute approximate surface area is 90.3 Å². The predicted octanol–water partition coefficient (Wildman–Crippen LogP) is 2.21. The minimum absolute atomic E-state index is 0.242. The molecule has 0 saturated heterocycles. The second-order valence-electron chi connectivity index (χ2n) is 2.93. The minimum atomic E-state index is -0.957. The molecule has 76 valence electrons. The van der Waals surface area contributed by atoms with Crippen LogP contribution in [0.15, 0.2) is 24.4 Å². The molecule has 0 amide bonds. The largest absolute Gasteiger partial charge is 0.477 e. The van der Waals surface area contributed by atoms with E-state index in [-0.39, 0.29) is 4.88 Å². The van der Waals surface area contributed by atoms with Gasteiger partial charge in [-0.15, -0.1) is 11.3 Å². The summed E-state index contributed by atoms with van der Waals surface area (Å²) >= 11 is 1.17. The molecule has 0 spiro atoms. The van der Waals surface area contributed by atoms with Gasteiger partial charge in [-0.3, -0.25) is 4.98 Å². The molecule has 0 saturated carbocycles. The van der Waals surface area contributed by atoms with Gasteiger partial charge in [-0.2, -0.15) is 0 Å². The van der Waals surface area contributed by atoms with Gasteiger partial charge in [-0.05, 0) is 19.1 Å². The number of pyridine rings is 1. The average Bonchev–Trinajstić information content (AvgIpc) is 2.62. The molecule has 0 bridgehead atoms. The number of nitrogens with zero attached hydrogens (tertiary/aromatic N) is 2. The lowest BCUT2D eigenvalue weighted by Crippen LogP contribution is -1.96. The molecular formula is C10H8N2O2S. The van der Waals surface area contributed by atoms with Crippen LogP contribution in [0.4, 0.5) is 0 Å². The SMILES string of the molecule is Cc1nc(-c2ccccn2)c(C(=O)O)s1. The van der Waals surface area contributed by atoms with E-state index >= 15 is 0 Å². The molecule has 1 N–H and O–H groups in total. The molecule has 0 unspecified atom stereocenters. The van der Waals surface area contributed by atoms with Crippen LogP contribution >= 0.6 is 11.3 Å². The number of hydrogen-bond acceptors (Lipinski definition) is 4. The zero-order chi connectivity index (χ0) is 10.8. The van der Waals surface area contributed by atoms with Crippen LogP contribution in [0, 0.1) is 6.92 Å². The van der Waals surface area contributed by atoms with Crippen LogP contribution in [-0.2, 0) is 0 Å². The molecule has 2 heterocycles. The van der Waals surface area contributed by atoms with E-state index < -0.39 is 5.97 Å². The topological polar surface area (TPSA) is 63.1 Å². The highest BCUT2D eigenvalue weighted by atomic mass is 32.1. The summed E-state index contributed by atoms with van der Waals surface area (Å²) in [6.45, 7) is 1.78. The van der Waals surface area contributed by atoms with Crippen molar-refractivity contribution in [2.24, 2.45) is 0 Å². The van der Waals surface area contributed by atoms with Crippen LogP contribution in [0.3, 0.4) is 0 Å². The van der Waals surface area contributed by atoms with Gasteiger partial charge in [0.1, 0.15) is 10.6 Å². The van der Waals surface area contributed by atoms with E-state index in [0.717, 1.165) is 5.01 Å². The van der Waals surface area contributed by atoms with Gasteiger partial charge in [0.05, 0.1) is 10.7 Å². The molecule has 0 aliphatic rings. The molecule has 0 aromatic carbocycles. The third-order valence-corrected chi connectivity index (χ3v) is 2.79. The number of carbonyl (C=O) groups is 1. The highest BCUT2D eigenvalue weighted by molar-refractivity contribution is 7.14. The average molecular weight is 220 g/mol. The van der Waals surface area contributed by atoms with Gasteiger partial charge in [-0.25, -0.2) is 9.78 Å². The molecular weight excluding hydrogens is 212 g/mol. The van der Waals surface area contributed by atoms with E-state index in [2.05, 4.69) is 9.97 Å². The lowest BCUT2D eigenvalue weighted by atomic mass is 10.2. The monoisotopic (exact) mass is 220 g/mol. The molecule has 5 heteroatoms. The highest BCUT2D eigenvalue weighted by Gasteiger charge is 2.17. The van der Waals surface area contributed by atoms with E-state index in [1.54, 1.807) is 25.3 Å². The number of aromatic carboxylic acids is 1. The molecule has 4 nitrogen and oxygen atoms in total. The van der Waals surface area contributed by atoms with Gasteiger partial charge in [0.2, 0.25) is 0 Å². The quantitative estimate of drug-likeness (QED) is 0.842. The van der Waals surface area contributed by atoms with E-state index in [1.165, 1.54) is 11.3 Å². The van der Waals surface area contributed by atoms with Crippen LogP contribution in [0.5, 0.6) is 0 Å². The fourth-order valence-electron chi connectivity index (χ4n) is 1.25. The number of thiazole rings is 1. The van der Waals surface area contributed by atoms with Gasteiger partial charge in [-0.1, -0.05) is 6.07 Å². The lowest BCUT2D eigenvalue weighted by molar-refractivity contribution is 0.0702. The normalized spacial score (nSPS) is 10.2. The summed E-state index contributed by atoms with van der Waals surface area (Å²) in [5, 5.41) is 9.71. The van der Waals surface area contributed by atoms with Gasteiger partial charge >= 0.3 is 5.97 Å². The zero-order valence-corrected chi connectivity index (χ0v) is 8.78. The second kappa shape index (κ2) is 3.78. The van der Waals surface area contributed by atoms with Crippen molar-refractivity contribution >= 4 is 17.3 Å². The summed E-state index contributed by atoms with van der Waals surface area (Å²) in [5.74, 6) is -0.957. The maximum absolute atomic E-state index is 11.0. The number of hydrogen-bond donors (Lipinski definition) is 1. The maximum atomic E-state index is 11.0. The Morgan fingerprint density at radius 2 is 2.27 bits per heavy atom. The smallest absolute Gasteiger partial charge is 0.348 e. The summed E-state index contributed by atoms with van der Waals surface area (Å²) in [5.41, 5.74) is 1.05. The molecule has 0 fully saturated rings. The number of aromatic nitrogens is 2. The van der Waals surface area contributed by atoms with Crippen molar-refractivity contribution in [2.45, 2.75) is 6.92 Å². The first-order valence-electron chi connectivity index (χ1n) is 4.30. The van der Waals surface area contributed by atoms with Crippen molar-refractivity contribution in [3.63, 3.8) is 0 Å². The first-order valence-corrected chi connectivity index (χ1v) is 5.12. The Morgan fingerprint density at radius 1 is 1.47 bits per heavy atom. The van der Waals surface area contributed by atoms with Crippen LogP contribution in [0.25, 0.3) is 11.4 Å². The van der Waals surface area contributed by atoms with Crippen LogP contribution in [0.2, 0.25) is 0 Å². The lowest BCUT2D eigenvalue weighted by Gasteiger charge is -1.96. The second-order valence-corrected chi connectivity index (χ2v) is 4.13. The van der Waals surface area contributed by atoms with Crippen LogP contribution in [0.1, 0.15) is 14.7 Å². The maximum Gasteiger partial charge on any atom is 0.348 e. The van der Waals surface area contributed by atoms with E-state index in [9.17, 15) is 4.79 Å². The van der Waals surface area contributed by atoms with Crippen molar-refractivity contribution in [2.75, 3.05) is 0 Å². The number of carboxylic acids is 1. The van der Waals surface area contributed by atoms with Crippen LogP contribution < -0.4 is 0 Å². The molecule has 0 radical (unpaired) electrons. The standard InChI is InChI=1S/C10H8N2O2S/c1-6-12-8(9(15-6)10(13)14)7-4-2-3-5-11-7/h2-5H,1H3,(H,13,14). The van der Waals surface area contributed by atoms with Gasteiger partial charge in [0.25, 0.3) is 0 Å². The molecule has 0 atom stereocenters. The Hall–Kier alpha value is -1.75. The van der Waals surface area contributed by atoms with Crippen molar-refractivity contribution in [3.8, 4) is 11.4 Å². The number of carboxylic acid groups (broad SMARTS) is 1. The Bertz CT molecular complexity index is 493. The van der Waals surface area contributed by atoms with Gasteiger partial charge < -0.3 is 5.11 Å². The Balaban J connectivity index is 2.58. The fraction of sp³-hybridized carbons (Fsp3) is 0.100. The first-order chi connectivity index (χ1) is 7.18. The fourth-order valence-corrected chi connectivity index (χ4v) is 2.01. The Morgan fingerprint density at radius 3 is 2.87 bits per heavy atom. The summed E-state index contributed by atoms with van der Waals surface area (Å²) in [6.07, 6.45) is 1.62. The molecule has 2 rings (SSSR count). The zero-order valence-electron chi connectivity index (χ0n) is 7.97. The predicted molar refractivity (Wildman–Crippen MR) is 57.0 cm³/mol. The van der Waals surface area contributed by atoms with E-state index in [1.807, 2.05) is 6.07 Å². The summed E-state index contributed by atoms with van der Waals surface area (Å²) < 4.78 is 0. The van der Waals surface area contributed by atoms with Crippen molar-refractivity contribution < 1.29 is 9.90 Å². The summed E-state index contributed by atoms with van der Waals surface area (Å²) in [4.78, 5) is 19.5. The summed E-state index contributed by atoms with van der Waals surface area (Å²) in [6, 6.07) is 5.34. The summed E-state index contributed by atoms with van der Waals surface area (Å²) in [7, 11) is 0. The third-order valence-electron chi connectivity index (χ3n) is 1.84. The van der Waals surface area contributed by atoms with Gasteiger partial charge in [0, 0.05) is 6.20 Å². The third kappa shape index (κ3) is 1.87. The molecule has 0 aliphatic heterocycles. The first kappa shape index (κ1) is 9.79. The molecule has 15 heavy (non-hydrogen) atoms. The Kier molecular flexibility index (Phi) is 2.47. The highest BCUT2D eigenvalue weighted by Crippen LogP contribution is 2.26. The van der Waals surface area contributed by atoms with Crippen LogP contribution in [-0.4, -0.2) is 21.0 Å². The van der Waals surface area contributed by atoms with Gasteiger partial charge in [0.15, 0.2) is 0 Å². The van der Waals surface area contributed by atoms with E-state index in [0.29, 0.717) is 11.4 Å². The molecule has 0 aliphatic carbocycles. The number of rotatable bonds is 2.